The summed E-state index contributed by atoms with van der Waals surface area (Å²) >= 11 is 0. The number of esters is 1. The van der Waals surface area contributed by atoms with Crippen molar-refractivity contribution in [2.24, 2.45) is 11.8 Å². The highest BCUT2D eigenvalue weighted by molar-refractivity contribution is 7.96. The molecule has 0 radical (unpaired) electrons. The third-order valence-corrected chi connectivity index (χ3v) is 14.3. The molecule has 0 bridgehead atoms. The fraction of sp³-hybridized carbons (Fsp3) is 0.186. The van der Waals surface area contributed by atoms with Crippen LogP contribution in [0.5, 0.6) is 0 Å². The molecule has 0 unspecified atom stereocenters. The minimum absolute atomic E-state index is 0.115. The number of β-lactam (4-membered cyclic amide) rings is 1. The van der Waals surface area contributed by atoms with Crippen molar-refractivity contribution in [1.29, 1.82) is 0 Å². The highest BCUT2D eigenvalue weighted by atomic mass is 31.2. The minimum Gasteiger partial charge on any atom is -0.481 e. The van der Waals surface area contributed by atoms with Crippen LogP contribution in [-0.4, -0.2) is 61.4 Å². The van der Waals surface area contributed by atoms with Crippen molar-refractivity contribution >= 4 is 63.6 Å². The van der Waals surface area contributed by atoms with E-state index in [9.17, 15) is 39.7 Å². The van der Waals surface area contributed by atoms with Crippen molar-refractivity contribution in [3.05, 3.63) is 171 Å². The molecule has 1 amide bonds. The molecule has 0 saturated carbocycles. The highest BCUT2D eigenvalue weighted by Gasteiger charge is 2.59. The van der Waals surface area contributed by atoms with Crippen molar-refractivity contribution in [2.75, 3.05) is 0 Å². The molecule has 0 aromatic heterocycles. The zero-order valence-corrected chi connectivity index (χ0v) is 32.6. The number of carboxylic acids is 1. The number of carbonyl (C=O) groups excluding carboxylic acids is 3. The first kappa shape index (κ1) is 41.5. The summed E-state index contributed by atoms with van der Waals surface area (Å²) in [5.41, 5.74) is 0.419. The molecule has 6 rings (SSSR count). The topological polar surface area (TPSA) is 206 Å². The summed E-state index contributed by atoms with van der Waals surface area (Å²) < 4.78 is 16.8. The first-order valence-electron chi connectivity index (χ1n) is 18.3. The molecule has 16 heteroatoms. The van der Waals surface area contributed by atoms with E-state index in [1.54, 1.807) is 54.6 Å². The molecule has 15 nitrogen and oxygen atoms in total. The Hall–Kier alpha value is -7.12. The number of benzene rings is 5. The van der Waals surface area contributed by atoms with Crippen molar-refractivity contribution in [3.63, 3.8) is 0 Å². The molecule has 302 valence electrons. The van der Waals surface area contributed by atoms with Gasteiger partial charge in [0.2, 0.25) is 5.91 Å². The third-order valence-electron chi connectivity index (χ3n) is 10.1. The van der Waals surface area contributed by atoms with Gasteiger partial charge in [0.05, 0.1) is 27.7 Å². The van der Waals surface area contributed by atoms with E-state index in [4.69, 9.17) is 14.2 Å². The number of non-ortho nitro benzene ring substituents is 2. The zero-order chi connectivity index (χ0) is 42.3. The lowest BCUT2D eigenvalue weighted by Gasteiger charge is -2.52. The first-order chi connectivity index (χ1) is 28.3. The summed E-state index contributed by atoms with van der Waals surface area (Å²) in [5, 5.41) is 34.8. The third kappa shape index (κ3) is 8.60. The fourth-order valence-corrected chi connectivity index (χ4v) is 11.5. The maximum absolute atomic E-state index is 15.1. The average Bonchev–Trinajstić information content (AvgIpc) is 3.24. The second kappa shape index (κ2) is 18.0. The van der Waals surface area contributed by atoms with Gasteiger partial charge in [-0.3, -0.25) is 34.7 Å². The van der Waals surface area contributed by atoms with Gasteiger partial charge in [0.25, 0.3) is 11.4 Å². The molecule has 0 aliphatic carbocycles. The summed E-state index contributed by atoms with van der Waals surface area (Å²) in [4.78, 5) is 78.1. The predicted molar refractivity (Wildman–Crippen MR) is 218 cm³/mol. The Labute approximate surface area is 338 Å². The number of rotatable bonds is 15. The van der Waals surface area contributed by atoms with Crippen LogP contribution >= 0.6 is 6.89 Å². The van der Waals surface area contributed by atoms with Crippen LogP contribution in [0.15, 0.2) is 140 Å². The number of ether oxygens (including phenoxy) is 3. The van der Waals surface area contributed by atoms with Gasteiger partial charge in [-0.2, -0.15) is 0 Å². The molecule has 5 aromatic carbocycles. The van der Waals surface area contributed by atoms with Crippen LogP contribution in [0.2, 0.25) is 0 Å². The summed E-state index contributed by atoms with van der Waals surface area (Å²) in [5.74, 6) is -5.48. The molecule has 4 atom stereocenters. The molecule has 0 spiro atoms. The maximum atomic E-state index is 15.1. The van der Waals surface area contributed by atoms with Gasteiger partial charge in [0, 0.05) is 31.2 Å². The number of aliphatic carboxylic acids is 1. The number of amides is 1. The molecular formula is C43H38N3O12P. The normalized spacial score (nSPS) is 15.8. The Morgan fingerprint density at radius 3 is 1.47 bits per heavy atom. The molecule has 5 aromatic rings. The standard InChI is InChI=1S/C43H38N3O12P/c1-28(41(48)49)38-37(29(2)58-43(51)57-27-31-20-24-33(25-21-31)46(54)55)39(47)44(38)40(42(50)56-26-30-18-22-32(23-19-30)45(52)53)59(34-12-6-3-7-13-34,35-14-8-4-9-15-35)36-16-10-5-11-17-36/h3-25,28-29,37-38H,26-27H2,1-2H3,(H,48,49)/t28-,29+,37+,38+/m0/s1. The van der Waals surface area contributed by atoms with E-state index in [0.29, 0.717) is 27.0 Å². The summed E-state index contributed by atoms with van der Waals surface area (Å²) in [6.07, 6.45) is -2.42. The monoisotopic (exact) mass is 819 g/mol. The fourth-order valence-electron chi connectivity index (χ4n) is 7.15. The molecular weight excluding hydrogens is 781 g/mol. The van der Waals surface area contributed by atoms with Crippen molar-refractivity contribution in [3.8, 4) is 0 Å². The zero-order valence-electron chi connectivity index (χ0n) is 31.7. The second-order valence-electron chi connectivity index (χ2n) is 13.6. The van der Waals surface area contributed by atoms with Gasteiger partial charge in [-0.15, -0.1) is 0 Å². The van der Waals surface area contributed by atoms with Gasteiger partial charge >= 0.3 is 18.1 Å². The predicted octanol–water partition coefficient (Wildman–Crippen LogP) is 5.96. The van der Waals surface area contributed by atoms with E-state index in [1.165, 1.54) is 67.3 Å². The van der Waals surface area contributed by atoms with E-state index < -0.39 is 64.7 Å². The van der Waals surface area contributed by atoms with Gasteiger partial charge in [-0.1, -0.05) is 91.0 Å². The summed E-state index contributed by atoms with van der Waals surface area (Å²) in [7, 11) is 0. The van der Waals surface area contributed by atoms with Crippen LogP contribution in [0.25, 0.3) is 0 Å². The van der Waals surface area contributed by atoms with E-state index in [2.05, 4.69) is 0 Å². The number of carbonyl (C=O) groups is 4. The number of carboxylic acid groups (broad SMARTS) is 1. The van der Waals surface area contributed by atoms with Crippen LogP contribution in [0, 0.1) is 32.1 Å². The van der Waals surface area contributed by atoms with Crippen molar-refractivity contribution in [2.45, 2.75) is 39.2 Å². The molecule has 1 aliphatic heterocycles. The Balaban J connectivity index is 1.47. The van der Waals surface area contributed by atoms with Crippen LogP contribution in [0.1, 0.15) is 25.0 Å². The smallest absolute Gasteiger partial charge is 0.481 e. The molecule has 1 N–H and O–H groups in total. The Bertz CT molecular complexity index is 2310. The lowest BCUT2D eigenvalue weighted by atomic mass is 9.76. The van der Waals surface area contributed by atoms with E-state index in [0.717, 1.165) is 0 Å². The van der Waals surface area contributed by atoms with Gasteiger partial charge in [0.15, 0.2) is 0 Å². The SMILES string of the molecule is C[C@H](C(=O)O)[C@@H]1[C@@H]([C@@H](C)OC(=O)OCc2ccc([N+](=O)[O-])cc2)C(=O)N1C(C(=O)OCc1ccc([N+](=O)[O-])cc1)=P(c1ccccc1)(c1ccccc1)c1ccccc1. The molecule has 1 aliphatic rings. The largest absolute Gasteiger partial charge is 0.508 e. The molecule has 1 heterocycles. The lowest BCUT2D eigenvalue weighted by molar-refractivity contribution is -0.385. The Kier molecular flexibility index (Phi) is 12.7. The van der Waals surface area contributed by atoms with E-state index in [-0.39, 0.29) is 30.0 Å². The Morgan fingerprint density at radius 1 is 0.678 bits per heavy atom. The second-order valence-corrected chi connectivity index (χ2v) is 17.0. The number of hydrogen-bond acceptors (Lipinski definition) is 11. The van der Waals surface area contributed by atoms with E-state index >= 15 is 4.79 Å². The molecule has 1 saturated heterocycles. The quantitative estimate of drug-likeness (QED) is 0.0427. The molecule has 59 heavy (non-hydrogen) atoms. The maximum Gasteiger partial charge on any atom is 0.508 e. The molecule has 1 fully saturated rings. The first-order valence-corrected chi connectivity index (χ1v) is 20.1. The van der Waals surface area contributed by atoms with Gasteiger partial charge in [-0.25, -0.2) is 9.59 Å². The van der Waals surface area contributed by atoms with Crippen molar-refractivity contribution < 1.29 is 48.3 Å². The minimum atomic E-state index is -3.48. The van der Waals surface area contributed by atoms with Crippen LogP contribution in [0.3, 0.4) is 0 Å². The highest BCUT2D eigenvalue weighted by Crippen LogP contribution is 2.50. The average molecular weight is 820 g/mol. The summed E-state index contributed by atoms with van der Waals surface area (Å²) in [6, 6.07) is 36.7. The Morgan fingerprint density at radius 2 is 1.08 bits per heavy atom. The number of hydrogen-bond donors (Lipinski definition) is 1. The van der Waals surface area contributed by atoms with Gasteiger partial charge in [0.1, 0.15) is 24.7 Å². The van der Waals surface area contributed by atoms with Crippen LogP contribution in [0.4, 0.5) is 16.2 Å². The van der Waals surface area contributed by atoms with Crippen LogP contribution in [-0.2, 0) is 41.8 Å². The lowest BCUT2D eigenvalue weighted by Crippen LogP contribution is -2.71. The number of likely N-dealkylation sites (tertiary alicyclic amines) is 1. The number of nitro benzene ring substituents is 2. The number of nitrogens with zero attached hydrogens (tertiary/aromatic N) is 3. The summed E-state index contributed by atoms with van der Waals surface area (Å²) in [6.45, 7) is -1.30. The van der Waals surface area contributed by atoms with Gasteiger partial charge < -0.3 is 19.3 Å². The van der Waals surface area contributed by atoms with Crippen LogP contribution < -0.4 is 15.9 Å². The van der Waals surface area contributed by atoms with Crippen molar-refractivity contribution in [1.82, 2.24) is 4.90 Å². The van der Waals surface area contributed by atoms with Gasteiger partial charge in [-0.05, 0) is 65.2 Å². The number of nitro groups is 2. The van der Waals surface area contributed by atoms with E-state index in [1.807, 2.05) is 36.4 Å².